The van der Waals surface area contributed by atoms with E-state index < -0.39 is 0 Å². The van der Waals surface area contributed by atoms with E-state index in [2.05, 4.69) is 280 Å². The fraction of sp³-hybridized carbons (Fsp3) is 0.294. The van der Waals surface area contributed by atoms with Crippen molar-refractivity contribution in [2.24, 2.45) is 0 Å². The van der Waals surface area contributed by atoms with Gasteiger partial charge in [-0.15, -0.1) is 0 Å². The van der Waals surface area contributed by atoms with Gasteiger partial charge in [0.25, 0.3) is 0 Å². The molecule has 8 rings (SSSR count). The molecular formula is C68H74. The van der Waals surface area contributed by atoms with Crippen LogP contribution in [0, 0.1) is 0 Å². The molecule has 0 atom stereocenters. The molecule has 0 saturated carbocycles. The van der Waals surface area contributed by atoms with Crippen molar-refractivity contribution in [2.75, 3.05) is 0 Å². The average Bonchev–Trinajstić information content (AvgIpc) is 3.30. The Morgan fingerprint density at radius 2 is 0.250 bits per heavy atom. The third-order valence-electron chi connectivity index (χ3n) is 13.9. The van der Waals surface area contributed by atoms with Crippen LogP contribution < -0.4 is 0 Å². The van der Waals surface area contributed by atoms with Crippen molar-refractivity contribution in [3.05, 3.63) is 204 Å². The van der Waals surface area contributed by atoms with Crippen LogP contribution in [0.15, 0.2) is 176 Å². The zero-order valence-corrected chi connectivity index (χ0v) is 43.7. The minimum absolute atomic E-state index is 0.0611. The predicted octanol–water partition coefficient (Wildman–Crippen LogP) is 19.8. The maximum atomic E-state index is 2.43. The van der Waals surface area contributed by atoms with E-state index in [4.69, 9.17) is 0 Å². The summed E-state index contributed by atoms with van der Waals surface area (Å²) < 4.78 is 0. The molecular weight excluding hydrogens is 817 g/mol. The lowest BCUT2D eigenvalue weighted by atomic mass is 9.84. The fourth-order valence-electron chi connectivity index (χ4n) is 9.20. The Kier molecular flexibility index (Phi) is 12.8. The molecule has 0 heteroatoms. The van der Waals surface area contributed by atoms with Crippen LogP contribution in [-0.2, 0) is 27.1 Å². The summed E-state index contributed by atoms with van der Waals surface area (Å²) in [4.78, 5) is 0. The minimum Gasteiger partial charge on any atom is -0.0579 e. The van der Waals surface area contributed by atoms with Gasteiger partial charge in [-0.05, 0) is 187 Å². The van der Waals surface area contributed by atoms with E-state index in [1.54, 1.807) is 0 Å². The Labute approximate surface area is 410 Å². The van der Waals surface area contributed by atoms with Crippen LogP contribution in [0.5, 0.6) is 0 Å². The van der Waals surface area contributed by atoms with Crippen molar-refractivity contribution >= 4 is 0 Å². The standard InChI is InChI=1S/C68H74/c1-64(2,3)59-26-16-45(17-27-59)50-36-51(46-18-28-60(29-19-46)65(4,5)6)39-55(38-50)57-42-54(49-24-34-63(35-25-49)68(13,14)15)43-58(44-57)56-40-52(47-20-30-61(31-21-47)66(7,8)9)37-53(41-56)48-22-32-62(33-23-48)67(10,11)12/h16-44H,1-15H3. The van der Waals surface area contributed by atoms with Crippen molar-refractivity contribution < 1.29 is 0 Å². The molecule has 68 heavy (non-hydrogen) atoms. The average molecular weight is 891 g/mol. The first-order valence-electron chi connectivity index (χ1n) is 24.8. The van der Waals surface area contributed by atoms with Gasteiger partial charge in [0, 0.05) is 0 Å². The molecule has 0 bridgehead atoms. The molecule has 0 unspecified atom stereocenters. The summed E-state index contributed by atoms with van der Waals surface area (Å²) in [5, 5.41) is 0. The molecule has 0 radical (unpaired) electrons. The maximum Gasteiger partial charge on any atom is -0.0132 e. The van der Waals surface area contributed by atoms with Gasteiger partial charge in [0.2, 0.25) is 0 Å². The summed E-state index contributed by atoms with van der Waals surface area (Å²) in [5.74, 6) is 0. The topological polar surface area (TPSA) is 0 Å². The Hall–Kier alpha value is -6.24. The second-order valence-electron chi connectivity index (χ2n) is 24.5. The van der Waals surface area contributed by atoms with Gasteiger partial charge in [0.05, 0.1) is 0 Å². The largest absolute Gasteiger partial charge is 0.0579 e. The SMILES string of the molecule is CC(C)(C)c1ccc(-c2cc(-c3ccc(C(C)(C)C)cc3)cc(-c3cc(-c4ccc(C(C)(C)C)cc4)cc(-c4cc(-c5ccc(C(C)(C)C)cc5)cc(-c5ccc(C(C)(C)C)cc5)c4)c3)c2)cc1. The zero-order chi connectivity index (χ0) is 49.0. The summed E-state index contributed by atoms with van der Waals surface area (Å²) in [6.07, 6.45) is 0. The molecule has 0 aliphatic carbocycles. The quantitative estimate of drug-likeness (QED) is 0.150. The minimum atomic E-state index is 0.0611. The summed E-state index contributed by atoms with van der Waals surface area (Å²) in [7, 11) is 0. The third-order valence-corrected chi connectivity index (χ3v) is 13.9. The van der Waals surface area contributed by atoms with E-state index >= 15 is 0 Å². The molecule has 0 fully saturated rings. The molecule has 8 aromatic carbocycles. The first kappa shape index (κ1) is 48.2. The monoisotopic (exact) mass is 891 g/mol. The Bertz CT molecular complexity index is 2690. The van der Waals surface area contributed by atoms with Gasteiger partial charge in [-0.2, -0.15) is 0 Å². The molecule has 0 aliphatic rings. The predicted molar refractivity (Wildman–Crippen MR) is 298 cm³/mol. The van der Waals surface area contributed by atoms with Gasteiger partial charge in [0.15, 0.2) is 0 Å². The van der Waals surface area contributed by atoms with Gasteiger partial charge in [-0.1, -0.05) is 225 Å². The van der Waals surface area contributed by atoms with Crippen LogP contribution in [0.3, 0.4) is 0 Å². The first-order valence-corrected chi connectivity index (χ1v) is 24.8. The summed E-state index contributed by atoms with van der Waals surface area (Å²) in [6, 6.07) is 67.7. The maximum absolute atomic E-state index is 2.43. The Balaban J connectivity index is 1.36. The van der Waals surface area contributed by atoms with Crippen LogP contribution in [0.2, 0.25) is 0 Å². The second-order valence-corrected chi connectivity index (χ2v) is 24.5. The third kappa shape index (κ3) is 10.9. The van der Waals surface area contributed by atoms with Crippen LogP contribution >= 0.6 is 0 Å². The van der Waals surface area contributed by atoms with Crippen LogP contribution in [0.4, 0.5) is 0 Å². The molecule has 8 aromatic rings. The summed E-state index contributed by atoms with van der Waals surface area (Å²) in [5.41, 5.74) is 23.9. The molecule has 0 N–H and O–H groups in total. The highest BCUT2D eigenvalue weighted by Crippen LogP contribution is 2.41. The highest BCUT2D eigenvalue weighted by Gasteiger charge is 2.20. The zero-order valence-electron chi connectivity index (χ0n) is 43.7. The molecule has 0 spiro atoms. The van der Waals surface area contributed by atoms with Crippen molar-refractivity contribution in [3.8, 4) is 77.9 Å². The van der Waals surface area contributed by atoms with Crippen LogP contribution in [0.1, 0.15) is 132 Å². The van der Waals surface area contributed by atoms with Gasteiger partial charge < -0.3 is 0 Å². The molecule has 0 aliphatic heterocycles. The van der Waals surface area contributed by atoms with E-state index in [9.17, 15) is 0 Å². The second kappa shape index (κ2) is 18.0. The normalized spacial score (nSPS) is 12.6. The van der Waals surface area contributed by atoms with Gasteiger partial charge in [-0.3, -0.25) is 0 Å². The smallest absolute Gasteiger partial charge is 0.0132 e. The lowest BCUT2D eigenvalue weighted by Crippen LogP contribution is -2.10. The van der Waals surface area contributed by atoms with Crippen LogP contribution in [-0.4, -0.2) is 0 Å². The number of hydrogen-bond acceptors (Lipinski definition) is 0. The van der Waals surface area contributed by atoms with Gasteiger partial charge >= 0.3 is 0 Å². The number of benzene rings is 8. The van der Waals surface area contributed by atoms with E-state index in [1.165, 1.54) is 106 Å². The first-order chi connectivity index (χ1) is 31.8. The summed E-state index contributed by atoms with van der Waals surface area (Å²) >= 11 is 0. The summed E-state index contributed by atoms with van der Waals surface area (Å²) in [6.45, 7) is 34.3. The molecule has 0 aromatic heterocycles. The van der Waals surface area contributed by atoms with E-state index in [0.717, 1.165) is 0 Å². The number of rotatable bonds is 7. The van der Waals surface area contributed by atoms with Crippen molar-refractivity contribution in [1.29, 1.82) is 0 Å². The van der Waals surface area contributed by atoms with Crippen LogP contribution in [0.25, 0.3) is 77.9 Å². The van der Waals surface area contributed by atoms with Gasteiger partial charge in [-0.25, -0.2) is 0 Å². The molecule has 0 amide bonds. The van der Waals surface area contributed by atoms with E-state index in [1.807, 2.05) is 0 Å². The fourth-order valence-corrected chi connectivity index (χ4v) is 9.20. The highest BCUT2D eigenvalue weighted by atomic mass is 14.2. The lowest BCUT2D eigenvalue weighted by Gasteiger charge is -2.21. The van der Waals surface area contributed by atoms with E-state index in [0.29, 0.717) is 0 Å². The Morgan fingerprint density at radius 1 is 0.147 bits per heavy atom. The molecule has 0 heterocycles. The molecule has 0 nitrogen and oxygen atoms in total. The van der Waals surface area contributed by atoms with Crippen molar-refractivity contribution in [3.63, 3.8) is 0 Å². The molecule has 346 valence electrons. The van der Waals surface area contributed by atoms with Crippen molar-refractivity contribution in [2.45, 2.75) is 131 Å². The van der Waals surface area contributed by atoms with E-state index in [-0.39, 0.29) is 27.1 Å². The van der Waals surface area contributed by atoms with Crippen molar-refractivity contribution in [1.82, 2.24) is 0 Å². The Morgan fingerprint density at radius 3 is 0.353 bits per heavy atom. The van der Waals surface area contributed by atoms with Gasteiger partial charge in [0.1, 0.15) is 0 Å². The number of hydrogen-bond donors (Lipinski definition) is 0. The lowest BCUT2D eigenvalue weighted by molar-refractivity contribution is 0.590. The highest BCUT2D eigenvalue weighted by molar-refractivity contribution is 5.88. The molecule has 0 saturated heterocycles.